The van der Waals surface area contributed by atoms with E-state index in [1.807, 2.05) is 0 Å². The molecular formula is C6H2Cl2F3NO2S. The molecule has 1 aromatic rings. The van der Waals surface area contributed by atoms with Gasteiger partial charge in [0.05, 0.1) is 5.02 Å². The van der Waals surface area contributed by atoms with Gasteiger partial charge >= 0.3 is 6.18 Å². The van der Waals surface area contributed by atoms with Crippen molar-refractivity contribution in [3.05, 3.63) is 23.0 Å². The second-order valence-electron chi connectivity index (χ2n) is 2.44. The van der Waals surface area contributed by atoms with Crippen LogP contribution in [0.5, 0.6) is 0 Å². The van der Waals surface area contributed by atoms with E-state index in [-0.39, 0.29) is 0 Å². The number of halogens is 5. The van der Waals surface area contributed by atoms with Crippen LogP contribution in [-0.4, -0.2) is 13.4 Å². The van der Waals surface area contributed by atoms with E-state index in [9.17, 15) is 21.6 Å². The molecule has 0 aliphatic rings. The summed E-state index contributed by atoms with van der Waals surface area (Å²) in [6, 6.07) is 0.400. The number of nitrogens with zero attached hydrogens (tertiary/aromatic N) is 1. The summed E-state index contributed by atoms with van der Waals surface area (Å²) in [6.07, 6.45) is -4.22. The van der Waals surface area contributed by atoms with Crippen LogP contribution in [0.15, 0.2) is 17.2 Å². The predicted octanol–water partition coefficient (Wildman–Crippen LogP) is 2.68. The van der Waals surface area contributed by atoms with E-state index < -0.39 is 30.8 Å². The highest BCUT2D eigenvalue weighted by molar-refractivity contribution is 8.13. The molecule has 15 heavy (non-hydrogen) atoms. The van der Waals surface area contributed by atoms with Gasteiger partial charge in [0, 0.05) is 16.9 Å². The summed E-state index contributed by atoms with van der Waals surface area (Å²) < 4.78 is 57.8. The van der Waals surface area contributed by atoms with Gasteiger partial charge in [-0.05, 0) is 6.07 Å². The molecule has 0 N–H and O–H groups in total. The van der Waals surface area contributed by atoms with Gasteiger partial charge < -0.3 is 0 Å². The van der Waals surface area contributed by atoms with Crippen LogP contribution < -0.4 is 0 Å². The standard InChI is InChI=1S/C6H2Cl2F3NO2S/c7-3-1-5(6(9,10)11)12-2-4(3)15(8,13)14/h1-2H. The lowest BCUT2D eigenvalue weighted by Gasteiger charge is -2.06. The summed E-state index contributed by atoms with van der Waals surface area (Å²) in [5.74, 6) is 0. The van der Waals surface area contributed by atoms with Crippen molar-refractivity contribution in [3.63, 3.8) is 0 Å². The van der Waals surface area contributed by atoms with Gasteiger partial charge in [0.15, 0.2) is 0 Å². The van der Waals surface area contributed by atoms with E-state index >= 15 is 0 Å². The molecule has 0 saturated carbocycles. The third-order valence-corrected chi connectivity index (χ3v) is 3.15. The molecule has 0 aliphatic heterocycles. The molecule has 84 valence electrons. The molecule has 0 aromatic carbocycles. The fraction of sp³-hybridized carbons (Fsp3) is 0.167. The highest BCUT2D eigenvalue weighted by Crippen LogP contribution is 2.32. The molecule has 0 amide bonds. The average Bonchev–Trinajstić information content (AvgIpc) is 1.99. The zero-order valence-corrected chi connectivity index (χ0v) is 9.04. The molecule has 0 fully saturated rings. The van der Waals surface area contributed by atoms with Gasteiger partial charge in [-0.3, -0.25) is 4.98 Å². The van der Waals surface area contributed by atoms with Crippen LogP contribution in [0, 0.1) is 0 Å². The van der Waals surface area contributed by atoms with Crippen LogP contribution in [0.1, 0.15) is 5.69 Å². The molecule has 3 nitrogen and oxygen atoms in total. The van der Waals surface area contributed by atoms with E-state index in [0.29, 0.717) is 12.3 Å². The average molecular weight is 280 g/mol. The van der Waals surface area contributed by atoms with E-state index in [4.69, 9.17) is 22.3 Å². The predicted molar refractivity (Wildman–Crippen MR) is 47.3 cm³/mol. The molecule has 0 saturated heterocycles. The number of aromatic nitrogens is 1. The van der Waals surface area contributed by atoms with E-state index in [0.717, 1.165) is 0 Å². The molecular weight excluding hydrogens is 278 g/mol. The van der Waals surface area contributed by atoms with Crippen molar-refractivity contribution in [2.75, 3.05) is 0 Å². The zero-order valence-electron chi connectivity index (χ0n) is 6.72. The lowest BCUT2D eigenvalue weighted by Crippen LogP contribution is -2.08. The van der Waals surface area contributed by atoms with Gasteiger partial charge in [-0.1, -0.05) is 11.6 Å². The van der Waals surface area contributed by atoms with Gasteiger partial charge in [-0.2, -0.15) is 13.2 Å². The first-order chi connectivity index (χ1) is 6.62. The third-order valence-electron chi connectivity index (χ3n) is 1.37. The number of rotatable bonds is 1. The normalized spacial score (nSPS) is 12.9. The Morgan fingerprint density at radius 1 is 1.33 bits per heavy atom. The molecule has 0 radical (unpaired) electrons. The fourth-order valence-corrected chi connectivity index (χ4v) is 2.17. The molecule has 0 aliphatic carbocycles. The quantitative estimate of drug-likeness (QED) is 0.743. The van der Waals surface area contributed by atoms with Crippen molar-refractivity contribution in [1.29, 1.82) is 0 Å². The van der Waals surface area contributed by atoms with Crippen LogP contribution in [0.3, 0.4) is 0 Å². The molecule has 0 atom stereocenters. The Kier molecular flexibility index (Phi) is 3.18. The highest BCUT2D eigenvalue weighted by atomic mass is 35.7. The monoisotopic (exact) mass is 279 g/mol. The minimum Gasteiger partial charge on any atom is -0.250 e. The Balaban J connectivity index is 3.34. The minimum absolute atomic E-state index is 0.400. The van der Waals surface area contributed by atoms with Crippen molar-refractivity contribution in [3.8, 4) is 0 Å². The van der Waals surface area contributed by atoms with Crippen molar-refractivity contribution in [2.24, 2.45) is 0 Å². The van der Waals surface area contributed by atoms with Crippen LogP contribution in [0.4, 0.5) is 13.2 Å². The lowest BCUT2D eigenvalue weighted by atomic mass is 10.3. The van der Waals surface area contributed by atoms with Gasteiger partial charge in [-0.25, -0.2) is 8.42 Å². The SMILES string of the molecule is O=S(=O)(Cl)c1cnc(C(F)(F)F)cc1Cl. The summed E-state index contributed by atoms with van der Waals surface area (Å²) in [5, 5.41) is -0.618. The van der Waals surface area contributed by atoms with Gasteiger partial charge in [0.2, 0.25) is 0 Å². The van der Waals surface area contributed by atoms with Crippen molar-refractivity contribution in [2.45, 2.75) is 11.1 Å². The number of pyridine rings is 1. The zero-order chi connectivity index (χ0) is 11.9. The fourth-order valence-electron chi connectivity index (χ4n) is 0.753. The van der Waals surface area contributed by atoms with E-state index in [1.54, 1.807) is 0 Å². The van der Waals surface area contributed by atoms with Gasteiger partial charge in [0.1, 0.15) is 10.6 Å². The first kappa shape index (κ1) is 12.5. The molecule has 1 aromatic heterocycles. The first-order valence-corrected chi connectivity index (χ1v) is 5.98. The molecule has 0 unspecified atom stereocenters. The largest absolute Gasteiger partial charge is 0.433 e. The van der Waals surface area contributed by atoms with E-state index in [2.05, 4.69) is 4.98 Å². The summed E-state index contributed by atoms with van der Waals surface area (Å²) in [7, 11) is 0.712. The highest BCUT2D eigenvalue weighted by Gasteiger charge is 2.33. The van der Waals surface area contributed by atoms with Crippen LogP contribution >= 0.6 is 22.3 Å². The van der Waals surface area contributed by atoms with Crippen molar-refractivity contribution in [1.82, 2.24) is 4.98 Å². The van der Waals surface area contributed by atoms with Crippen molar-refractivity contribution < 1.29 is 21.6 Å². The van der Waals surface area contributed by atoms with Crippen LogP contribution in [0.25, 0.3) is 0 Å². The maximum atomic E-state index is 12.1. The Morgan fingerprint density at radius 3 is 2.20 bits per heavy atom. The van der Waals surface area contributed by atoms with Gasteiger partial charge in [0.25, 0.3) is 9.05 Å². The summed E-state index contributed by atoms with van der Waals surface area (Å²) in [6.45, 7) is 0. The van der Waals surface area contributed by atoms with Crippen LogP contribution in [-0.2, 0) is 15.2 Å². The van der Waals surface area contributed by atoms with Crippen LogP contribution in [0.2, 0.25) is 5.02 Å². The molecule has 9 heteroatoms. The Hall–Kier alpha value is -0.530. The van der Waals surface area contributed by atoms with Crippen molar-refractivity contribution >= 4 is 31.3 Å². The summed E-state index contributed by atoms with van der Waals surface area (Å²) in [4.78, 5) is 2.25. The van der Waals surface area contributed by atoms with E-state index in [1.165, 1.54) is 0 Å². The number of hydrogen-bond acceptors (Lipinski definition) is 3. The number of hydrogen-bond donors (Lipinski definition) is 0. The molecule has 0 spiro atoms. The molecule has 0 bridgehead atoms. The maximum Gasteiger partial charge on any atom is 0.433 e. The Labute approximate surface area is 92.2 Å². The second-order valence-corrected chi connectivity index (χ2v) is 5.38. The Bertz CT molecular complexity index is 486. The Morgan fingerprint density at radius 2 is 1.87 bits per heavy atom. The molecule has 1 heterocycles. The first-order valence-electron chi connectivity index (χ1n) is 3.30. The van der Waals surface area contributed by atoms with Gasteiger partial charge in [-0.15, -0.1) is 0 Å². The number of alkyl halides is 3. The topological polar surface area (TPSA) is 47.0 Å². The third kappa shape index (κ3) is 2.96. The smallest absolute Gasteiger partial charge is 0.250 e. The maximum absolute atomic E-state index is 12.1. The lowest BCUT2D eigenvalue weighted by molar-refractivity contribution is -0.141. The summed E-state index contributed by atoms with van der Waals surface area (Å²) in [5.41, 5.74) is -1.28. The summed E-state index contributed by atoms with van der Waals surface area (Å²) >= 11 is 5.32. The second kappa shape index (κ2) is 3.80. The minimum atomic E-state index is -4.68. The molecule has 1 rings (SSSR count).